The topological polar surface area (TPSA) is 63.9 Å². The summed E-state index contributed by atoms with van der Waals surface area (Å²) in [7, 11) is 1.26. The number of aromatic amines is 1. The first-order chi connectivity index (χ1) is 8.06. The minimum absolute atomic E-state index is 0.0152. The SMILES string of the molecule is COc1c(Br)cc(-c2cn[nH]c2N)c(F)c1F. The van der Waals surface area contributed by atoms with Crippen LogP contribution in [0.5, 0.6) is 5.75 Å². The van der Waals surface area contributed by atoms with Gasteiger partial charge in [-0.3, -0.25) is 5.10 Å². The molecule has 0 radical (unpaired) electrons. The lowest BCUT2D eigenvalue weighted by Crippen LogP contribution is -1.97. The monoisotopic (exact) mass is 303 g/mol. The molecule has 7 heteroatoms. The third kappa shape index (κ3) is 1.86. The summed E-state index contributed by atoms with van der Waals surface area (Å²) in [4.78, 5) is 0. The van der Waals surface area contributed by atoms with Gasteiger partial charge < -0.3 is 10.5 Å². The summed E-state index contributed by atoms with van der Waals surface area (Å²) in [5.74, 6) is -2.12. The zero-order valence-corrected chi connectivity index (χ0v) is 10.3. The molecule has 0 unspecified atom stereocenters. The number of hydrogen-bond acceptors (Lipinski definition) is 3. The maximum atomic E-state index is 13.8. The molecule has 0 spiro atoms. The largest absolute Gasteiger partial charge is 0.492 e. The van der Waals surface area contributed by atoms with E-state index < -0.39 is 11.6 Å². The molecule has 17 heavy (non-hydrogen) atoms. The van der Waals surface area contributed by atoms with E-state index in [1.807, 2.05) is 0 Å². The Morgan fingerprint density at radius 2 is 2.06 bits per heavy atom. The number of nitrogens with one attached hydrogen (secondary N) is 1. The van der Waals surface area contributed by atoms with E-state index in [0.29, 0.717) is 10.0 Å². The molecule has 0 aliphatic rings. The highest BCUT2D eigenvalue weighted by Crippen LogP contribution is 2.37. The maximum Gasteiger partial charge on any atom is 0.202 e. The number of H-pyrrole nitrogens is 1. The zero-order valence-electron chi connectivity index (χ0n) is 8.72. The van der Waals surface area contributed by atoms with Crippen LogP contribution in [-0.2, 0) is 0 Å². The van der Waals surface area contributed by atoms with Crippen molar-refractivity contribution in [2.75, 3.05) is 12.8 Å². The number of nitrogen functional groups attached to an aromatic ring is 1. The smallest absolute Gasteiger partial charge is 0.202 e. The number of anilines is 1. The van der Waals surface area contributed by atoms with E-state index in [2.05, 4.69) is 26.1 Å². The predicted octanol–water partition coefficient (Wildman–Crippen LogP) is 2.71. The molecule has 1 aromatic heterocycles. The van der Waals surface area contributed by atoms with Crippen LogP contribution in [0.3, 0.4) is 0 Å². The molecule has 90 valence electrons. The number of methoxy groups -OCH3 is 1. The molecule has 0 amide bonds. The predicted molar refractivity (Wildman–Crippen MR) is 62.6 cm³/mol. The number of rotatable bonds is 2. The van der Waals surface area contributed by atoms with Crippen LogP contribution in [0.2, 0.25) is 0 Å². The molecule has 0 atom stereocenters. The van der Waals surface area contributed by atoms with Gasteiger partial charge in [-0.1, -0.05) is 0 Å². The van der Waals surface area contributed by atoms with Crippen LogP contribution in [-0.4, -0.2) is 17.3 Å². The molecular formula is C10H8BrF2N3O. The molecule has 0 saturated carbocycles. The van der Waals surface area contributed by atoms with E-state index in [-0.39, 0.29) is 17.1 Å². The number of aromatic nitrogens is 2. The second kappa shape index (κ2) is 4.33. The summed E-state index contributed by atoms with van der Waals surface area (Å²) >= 11 is 3.10. The Morgan fingerprint density at radius 3 is 2.59 bits per heavy atom. The fourth-order valence-corrected chi connectivity index (χ4v) is 2.04. The molecule has 2 rings (SSSR count). The average molecular weight is 304 g/mol. The number of nitrogens with two attached hydrogens (primary N) is 1. The summed E-state index contributed by atoms with van der Waals surface area (Å²) in [6.45, 7) is 0. The maximum absolute atomic E-state index is 13.8. The highest BCUT2D eigenvalue weighted by Gasteiger charge is 2.20. The van der Waals surface area contributed by atoms with Crippen molar-refractivity contribution < 1.29 is 13.5 Å². The second-order valence-electron chi connectivity index (χ2n) is 3.26. The van der Waals surface area contributed by atoms with Crippen molar-refractivity contribution in [3.05, 3.63) is 28.4 Å². The lowest BCUT2D eigenvalue weighted by atomic mass is 10.1. The quantitative estimate of drug-likeness (QED) is 0.839. The molecule has 1 heterocycles. The fourth-order valence-electron chi connectivity index (χ4n) is 1.47. The first-order valence-electron chi connectivity index (χ1n) is 4.57. The van der Waals surface area contributed by atoms with Crippen molar-refractivity contribution in [1.29, 1.82) is 0 Å². The molecule has 0 saturated heterocycles. The summed E-state index contributed by atoms with van der Waals surface area (Å²) in [5.41, 5.74) is 5.87. The third-order valence-corrected chi connectivity index (χ3v) is 2.87. The number of hydrogen-bond donors (Lipinski definition) is 2. The van der Waals surface area contributed by atoms with Gasteiger partial charge in [0.25, 0.3) is 0 Å². The number of ether oxygens (including phenoxy) is 1. The van der Waals surface area contributed by atoms with E-state index in [9.17, 15) is 8.78 Å². The standard InChI is InChI=1S/C10H8BrF2N3O/c1-17-9-6(11)2-4(7(12)8(9)13)5-3-15-16-10(5)14/h2-3H,1H3,(H3,14,15,16). The van der Waals surface area contributed by atoms with E-state index in [1.165, 1.54) is 19.4 Å². The van der Waals surface area contributed by atoms with Gasteiger partial charge in [-0.25, -0.2) is 4.39 Å². The van der Waals surface area contributed by atoms with Crippen LogP contribution in [0.15, 0.2) is 16.7 Å². The molecule has 0 aliphatic carbocycles. The molecule has 2 aromatic rings. The zero-order chi connectivity index (χ0) is 12.6. The second-order valence-corrected chi connectivity index (χ2v) is 4.12. The Kier molecular flexibility index (Phi) is 3.01. The van der Waals surface area contributed by atoms with Crippen molar-refractivity contribution in [1.82, 2.24) is 10.2 Å². The molecule has 1 aromatic carbocycles. The highest BCUT2D eigenvalue weighted by molar-refractivity contribution is 9.10. The van der Waals surface area contributed by atoms with Gasteiger partial charge in [0.05, 0.1) is 17.8 Å². The van der Waals surface area contributed by atoms with Crippen molar-refractivity contribution in [2.45, 2.75) is 0 Å². The third-order valence-electron chi connectivity index (χ3n) is 2.28. The van der Waals surface area contributed by atoms with Gasteiger partial charge in [0.1, 0.15) is 5.82 Å². The lowest BCUT2D eigenvalue weighted by molar-refractivity contribution is 0.370. The number of nitrogens with zero attached hydrogens (tertiary/aromatic N) is 1. The van der Waals surface area contributed by atoms with Gasteiger partial charge in [-0.15, -0.1) is 0 Å². The van der Waals surface area contributed by atoms with Gasteiger partial charge in [0.2, 0.25) is 5.82 Å². The van der Waals surface area contributed by atoms with Crippen LogP contribution in [0.1, 0.15) is 0 Å². The summed E-state index contributed by atoms with van der Waals surface area (Å²) in [5, 5.41) is 6.11. The van der Waals surface area contributed by atoms with Crippen LogP contribution < -0.4 is 10.5 Å². The minimum atomic E-state index is -1.07. The minimum Gasteiger partial charge on any atom is -0.492 e. The molecule has 0 fully saturated rings. The summed E-state index contributed by atoms with van der Waals surface area (Å²) in [6.07, 6.45) is 1.33. The average Bonchev–Trinajstić information content (AvgIpc) is 2.71. The highest BCUT2D eigenvalue weighted by atomic mass is 79.9. The Hall–Kier alpha value is -1.63. The Labute approximate surface area is 104 Å². The van der Waals surface area contributed by atoms with E-state index in [1.54, 1.807) is 0 Å². The van der Waals surface area contributed by atoms with Crippen molar-refractivity contribution >= 4 is 21.7 Å². The van der Waals surface area contributed by atoms with Crippen molar-refractivity contribution in [3.8, 4) is 16.9 Å². The van der Waals surface area contributed by atoms with Crippen molar-refractivity contribution in [2.24, 2.45) is 0 Å². The number of halogens is 3. The van der Waals surface area contributed by atoms with Gasteiger partial charge >= 0.3 is 0 Å². The van der Waals surface area contributed by atoms with Crippen LogP contribution in [0.25, 0.3) is 11.1 Å². The summed E-state index contributed by atoms with van der Waals surface area (Å²) in [6, 6.07) is 1.39. The van der Waals surface area contributed by atoms with Gasteiger partial charge in [-0.2, -0.15) is 9.49 Å². The van der Waals surface area contributed by atoms with E-state index >= 15 is 0 Å². The van der Waals surface area contributed by atoms with Crippen LogP contribution >= 0.6 is 15.9 Å². The van der Waals surface area contributed by atoms with Crippen LogP contribution in [0.4, 0.5) is 14.6 Å². The molecule has 4 nitrogen and oxygen atoms in total. The molecule has 3 N–H and O–H groups in total. The Bertz CT molecular complexity index is 571. The molecule has 0 bridgehead atoms. The first-order valence-corrected chi connectivity index (χ1v) is 5.36. The Balaban J connectivity index is 2.69. The van der Waals surface area contributed by atoms with E-state index in [4.69, 9.17) is 10.5 Å². The molecular weight excluding hydrogens is 296 g/mol. The van der Waals surface area contributed by atoms with Crippen molar-refractivity contribution in [3.63, 3.8) is 0 Å². The molecule has 0 aliphatic heterocycles. The number of benzene rings is 1. The van der Waals surface area contributed by atoms with Crippen LogP contribution in [0, 0.1) is 11.6 Å². The first kappa shape index (κ1) is 11.8. The lowest BCUT2D eigenvalue weighted by Gasteiger charge is -2.09. The van der Waals surface area contributed by atoms with Gasteiger partial charge in [-0.05, 0) is 22.0 Å². The Morgan fingerprint density at radius 1 is 1.35 bits per heavy atom. The summed E-state index contributed by atoms with van der Waals surface area (Å²) < 4.78 is 32.5. The fraction of sp³-hybridized carbons (Fsp3) is 0.100. The normalized spacial score (nSPS) is 10.6. The van der Waals surface area contributed by atoms with E-state index in [0.717, 1.165) is 0 Å². The van der Waals surface area contributed by atoms with Gasteiger partial charge in [0, 0.05) is 11.1 Å². The van der Waals surface area contributed by atoms with Gasteiger partial charge in [0.15, 0.2) is 11.6 Å².